The highest BCUT2D eigenvalue weighted by molar-refractivity contribution is 7.93. The Labute approximate surface area is 191 Å². The lowest BCUT2D eigenvalue weighted by Gasteiger charge is -2.25. The molecule has 3 N–H and O–H groups in total. The lowest BCUT2D eigenvalue weighted by Crippen LogP contribution is -2.34. The van der Waals surface area contributed by atoms with Gasteiger partial charge >= 0.3 is 5.97 Å². The molecule has 2 aromatic rings. The van der Waals surface area contributed by atoms with Gasteiger partial charge in [0, 0.05) is 6.54 Å². The van der Waals surface area contributed by atoms with Gasteiger partial charge in [0.15, 0.2) is 0 Å². The number of para-hydroxylation sites is 2. The highest BCUT2D eigenvalue weighted by Crippen LogP contribution is 2.31. The Bertz CT molecular complexity index is 1150. The standard InChI is InChI=1S/C22H25N3O7S/c1-32-22(29)17-15-24(11-13-26)21(28)20(17)23-18-9-5-6-10-19(18)33(30,31)25(12-14-27)16-7-3-2-4-8-16/h2-10,23,26-27H,11-15H2,1H3. The zero-order valence-electron chi connectivity index (χ0n) is 18.0. The van der Waals surface area contributed by atoms with Gasteiger partial charge in [0.05, 0.1) is 50.4 Å². The molecule has 10 nitrogen and oxygen atoms in total. The van der Waals surface area contributed by atoms with Gasteiger partial charge < -0.3 is 25.2 Å². The van der Waals surface area contributed by atoms with Crippen LogP contribution in [0.5, 0.6) is 0 Å². The van der Waals surface area contributed by atoms with E-state index < -0.39 is 28.5 Å². The number of esters is 1. The Hall–Kier alpha value is -3.41. The number of ether oxygens (including phenoxy) is 1. The third-order valence-electron chi connectivity index (χ3n) is 5.02. The van der Waals surface area contributed by atoms with Crippen LogP contribution >= 0.6 is 0 Å². The van der Waals surface area contributed by atoms with Gasteiger partial charge in [-0.1, -0.05) is 30.3 Å². The number of anilines is 2. The fraction of sp³-hybridized carbons (Fsp3) is 0.273. The summed E-state index contributed by atoms with van der Waals surface area (Å²) >= 11 is 0. The van der Waals surface area contributed by atoms with Crippen LogP contribution in [0.15, 0.2) is 70.8 Å². The fourth-order valence-corrected chi connectivity index (χ4v) is 5.08. The second kappa shape index (κ2) is 10.5. The SMILES string of the molecule is COC(=O)C1=C(Nc2ccccc2S(=O)(=O)N(CCO)c2ccccc2)C(=O)N(CCO)C1. The predicted octanol–water partition coefficient (Wildman–Crippen LogP) is 0.548. The summed E-state index contributed by atoms with van der Waals surface area (Å²) in [7, 11) is -2.99. The molecule has 1 aliphatic heterocycles. The van der Waals surface area contributed by atoms with E-state index >= 15 is 0 Å². The number of aliphatic hydroxyl groups excluding tert-OH is 2. The van der Waals surface area contributed by atoms with Gasteiger partial charge in [0.25, 0.3) is 15.9 Å². The molecular formula is C22H25N3O7S. The number of sulfonamides is 1. The molecule has 0 saturated heterocycles. The van der Waals surface area contributed by atoms with Crippen LogP contribution < -0.4 is 9.62 Å². The highest BCUT2D eigenvalue weighted by Gasteiger charge is 2.36. The maximum Gasteiger partial charge on any atom is 0.337 e. The molecular weight excluding hydrogens is 450 g/mol. The van der Waals surface area contributed by atoms with E-state index in [2.05, 4.69) is 5.32 Å². The van der Waals surface area contributed by atoms with Crippen LogP contribution in [0, 0.1) is 0 Å². The normalized spacial score (nSPS) is 13.9. The first-order chi connectivity index (χ1) is 15.8. The van der Waals surface area contributed by atoms with Crippen LogP contribution in [0.1, 0.15) is 0 Å². The molecule has 1 heterocycles. The van der Waals surface area contributed by atoms with Crippen molar-refractivity contribution in [2.24, 2.45) is 0 Å². The quantitative estimate of drug-likeness (QED) is 0.424. The zero-order valence-corrected chi connectivity index (χ0v) is 18.8. The van der Waals surface area contributed by atoms with Crippen molar-refractivity contribution >= 4 is 33.3 Å². The molecule has 2 aromatic carbocycles. The molecule has 0 fully saturated rings. The third kappa shape index (κ3) is 5.00. The minimum Gasteiger partial charge on any atom is -0.466 e. The Kier molecular flexibility index (Phi) is 7.69. The van der Waals surface area contributed by atoms with Crippen molar-refractivity contribution in [3.05, 3.63) is 65.9 Å². The maximum atomic E-state index is 13.6. The lowest BCUT2D eigenvalue weighted by atomic mass is 10.2. The van der Waals surface area contributed by atoms with Crippen LogP contribution in [0.4, 0.5) is 11.4 Å². The topological polar surface area (TPSA) is 136 Å². The molecule has 0 aromatic heterocycles. The van der Waals surface area contributed by atoms with Crippen LogP contribution in [-0.2, 0) is 24.3 Å². The van der Waals surface area contributed by atoms with E-state index in [0.29, 0.717) is 5.69 Å². The van der Waals surface area contributed by atoms with Gasteiger partial charge in [-0.25, -0.2) is 13.2 Å². The molecule has 3 rings (SSSR count). The largest absolute Gasteiger partial charge is 0.466 e. The molecule has 33 heavy (non-hydrogen) atoms. The number of nitrogens with one attached hydrogen (secondary N) is 1. The zero-order chi connectivity index (χ0) is 24.0. The van der Waals surface area contributed by atoms with E-state index in [1.54, 1.807) is 36.4 Å². The average Bonchev–Trinajstić information content (AvgIpc) is 3.13. The summed E-state index contributed by atoms with van der Waals surface area (Å²) in [5.41, 5.74) is 0.346. The summed E-state index contributed by atoms with van der Waals surface area (Å²) in [6, 6.07) is 14.3. The van der Waals surface area contributed by atoms with Gasteiger partial charge in [0.1, 0.15) is 10.6 Å². The third-order valence-corrected chi connectivity index (χ3v) is 6.90. The Balaban J connectivity index is 2.05. The highest BCUT2D eigenvalue weighted by atomic mass is 32.2. The average molecular weight is 476 g/mol. The number of nitrogens with zero attached hydrogens (tertiary/aromatic N) is 2. The molecule has 176 valence electrons. The van der Waals surface area contributed by atoms with Gasteiger partial charge in [-0.2, -0.15) is 0 Å². The molecule has 0 spiro atoms. The smallest absolute Gasteiger partial charge is 0.337 e. The summed E-state index contributed by atoms with van der Waals surface area (Å²) in [6.45, 7) is -0.964. The van der Waals surface area contributed by atoms with Crippen molar-refractivity contribution in [2.45, 2.75) is 4.90 Å². The number of amides is 1. The Morgan fingerprint density at radius 2 is 1.76 bits per heavy atom. The number of aliphatic hydroxyl groups is 2. The van der Waals surface area contributed by atoms with Crippen molar-refractivity contribution in [1.82, 2.24) is 4.90 Å². The first-order valence-corrected chi connectivity index (χ1v) is 11.6. The van der Waals surface area contributed by atoms with Crippen molar-refractivity contribution in [2.75, 3.05) is 49.6 Å². The Morgan fingerprint density at radius 3 is 2.39 bits per heavy atom. The first-order valence-electron chi connectivity index (χ1n) is 10.1. The second-order valence-corrected chi connectivity index (χ2v) is 8.88. The van der Waals surface area contributed by atoms with Crippen LogP contribution in [-0.4, -0.2) is 75.4 Å². The minimum atomic E-state index is -4.17. The van der Waals surface area contributed by atoms with Crippen LogP contribution in [0.2, 0.25) is 0 Å². The number of carbonyl (C=O) groups is 2. The van der Waals surface area contributed by atoms with Gasteiger partial charge in [0.2, 0.25) is 0 Å². The number of hydrogen-bond acceptors (Lipinski definition) is 8. The fourth-order valence-electron chi connectivity index (χ4n) is 3.47. The van der Waals surface area contributed by atoms with E-state index in [1.807, 2.05) is 0 Å². The molecule has 0 aliphatic carbocycles. The van der Waals surface area contributed by atoms with Gasteiger partial charge in [-0.15, -0.1) is 0 Å². The second-order valence-electron chi connectivity index (χ2n) is 7.05. The van der Waals surface area contributed by atoms with Crippen molar-refractivity contribution in [3.8, 4) is 0 Å². The number of carbonyl (C=O) groups excluding carboxylic acids is 2. The van der Waals surface area contributed by atoms with Crippen molar-refractivity contribution in [3.63, 3.8) is 0 Å². The first kappa shape index (κ1) is 24.2. The van der Waals surface area contributed by atoms with Crippen LogP contribution in [0.25, 0.3) is 0 Å². The summed E-state index contributed by atoms with van der Waals surface area (Å²) in [6.07, 6.45) is 0. The summed E-state index contributed by atoms with van der Waals surface area (Å²) in [5.74, 6) is -1.30. The minimum absolute atomic E-state index is 0.00272. The molecule has 0 bridgehead atoms. The summed E-state index contributed by atoms with van der Waals surface area (Å²) in [5, 5.41) is 21.5. The maximum absolute atomic E-state index is 13.6. The molecule has 1 amide bonds. The van der Waals surface area contributed by atoms with Crippen molar-refractivity contribution in [1.29, 1.82) is 0 Å². The van der Waals surface area contributed by atoms with E-state index in [9.17, 15) is 28.2 Å². The van der Waals surface area contributed by atoms with E-state index in [-0.39, 0.29) is 48.1 Å². The Morgan fingerprint density at radius 1 is 1.09 bits per heavy atom. The molecule has 0 saturated carbocycles. The predicted molar refractivity (Wildman–Crippen MR) is 121 cm³/mol. The van der Waals surface area contributed by atoms with E-state index in [1.165, 1.54) is 30.2 Å². The molecule has 11 heteroatoms. The summed E-state index contributed by atoms with van der Waals surface area (Å²) < 4.78 is 33.0. The number of β-amino-alcohol motifs (C(OH)–C–C–N with tert-alkyl or cyclic N) is 1. The van der Waals surface area contributed by atoms with E-state index in [4.69, 9.17) is 4.74 Å². The summed E-state index contributed by atoms with van der Waals surface area (Å²) in [4.78, 5) is 26.2. The molecule has 1 aliphatic rings. The molecule has 0 unspecified atom stereocenters. The van der Waals surface area contributed by atoms with Gasteiger partial charge in [-0.05, 0) is 24.3 Å². The number of hydrogen-bond donors (Lipinski definition) is 3. The molecule has 0 atom stereocenters. The van der Waals surface area contributed by atoms with Gasteiger partial charge in [-0.3, -0.25) is 9.10 Å². The van der Waals surface area contributed by atoms with Crippen molar-refractivity contribution < 1.29 is 33.0 Å². The molecule has 0 radical (unpaired) electrons. The van der Waals surface area contributed by atoms with Crippen LogP contribution in [0.3, 0.4) is 0 Å². The monoisotopic (exact) mass is 475 g/mol. The number of rotatable bonds is 10. The van der Waals surface area contributed by atoms with E-state index in [0.717, 1.165) is 4.31 Å². The number of benzene rings is 2. The lowest BCUT2D eigenvalue weighted by molar-refractivity contribution is -0.136. The number of methoxy groups -OCH3 is 1.